The first-order chi connectivity index (χ1) is 14.6. The molecule has 0 bridgehead atoms. The third kappa shape index (κ3) is 3.78. The third-order valence-corrected chi connectivity index (χ3v) is 5.35. The van der Waals surface area contributed by atoms with Crippen LogP contribution in [0, 0.1) is 0 Å². The topological polar surface area (TPSA) is 99.2 Å². The quantitative estimate of drug-likeness (QED) is 0.678. The molecule has 0 aliphatic carbocycles. The van der Waals surface area contributed by atoms with E-state index in [0.29, 0.717) is 22.7 Å². The number of carbonyl (C=O) groups is 2. The summed E-state index contributed by atoms with van der Waals surface area (Å²) in [6, 6.07) is 14.6. The molecule has 2 aromatic carbocycles. The number of imidazole rings is 1. The molecule has 0 radical (unpaired) electrons. The molecule has 0 atom stereocenters. The van der Waals surface area contributed by atoms with Crippen molar-refractivity contribution in [1.82, 2.24) is 9.55 Å². The van der Waals surface area contributed by atoms with Crippen molar-refractivity contribution in [1.29, 1.82) is 0 Å². The normalized spacial score (nSPS) is 13.2. The number of rotatable bonds is 5. The summed E-state index contributed by atoms with van der Waals surface area (Å²) in [7, 11) is 1.51. The number of nitrogens with one attached hydrogen (secondary N) is 1. The maximum atomic E-state index is 13.2. The molecule has 154 valence electrons. The van der Waals surface area contributed by atoms with Gasteiger partial charge in [-0.2, -0.15) is 0 Å². The van der Waals surface area contributed by atoms with Crippen molar-refractivity contribution in [3.8, 4) is 17.1 Å². The van der Waals surface area contributed by atoms with Crippen LogP contribution in [-0.2, 0) is 13.0 Å². The fraction of sp³-hybridized carbons (Fsp3) is 0.261. The van der Waals surface area contributed by atoms with E-state index in [1.54, 1.807) is 12.1 Å². The monoisotopic (exact) mass is 404 g/mol. The van der Waals surface area contributed by atoms with E-state index in [-0.39, 0.29) is 5.91 Å². The molecule has 0 saturated heterocycles. The summed E-state index contributed by atoms with van der Waals surface area (Å²) < 4.78 is 7.49. The number of nitrogens with zero attached hydrogens (tertiary/aromatic N) is 2. The molecule has 1 aliphatic rings. The standard InChI is InChI=1S/C23H24N4O3/c1-30-19-12-11-16(21(24)28)14-17(19)25-23(29)20-18-10-6-3-7-13-27(18)22(26-20)15-8-4-2-5-9-15/h2,4-5,8-9,11-12,14H,3,6-7,10,13H2,1H3,(H2,24,28)(H,25,29). The summed E-state index contributed by atoms with van der Waals surface area (Å²) in [4.78, 5) is 29.5. The molecule has 3 aromatic rings. The molecular formula is C23H24N4O3. The van der Waals surface area contributed by atoms with Gasteiger partial charge in [-0.1, -0.05) is 36.8 Å². The van der Waals surface area contributed by atoms with Crippen molar-refractivity contribution in [2.24, 2.45) is 5.73 Å². The van der Waals surface area contributed by atoms with Gasteiger partial charge in [0.25, 0.3) is 5.91 Å². The second kappa shape index (κ2) is 8.41. The summed E-state index contributed by atoms with van der Waals surface area (Å²) >= 11 is 0. The lowest BCUT2D eigenvalue weighted by atomic mass is 10.1. The first kappa shape index (κ1) is 19.7. The van der Waals surface area contributed by atoms with Crippen molar-refractivity contribution in [3.05, 3.63) is 65.5 Å². The molecule has 1 aromatic heterocycles. The largest absolute Gasteiger partial charge is 0.495 e. The maximum Gasteiger partial charge on any atom is 0.276 e. The zero-order valence-electron chi connectivity index (χ0n) is 16.9. The number of hydrogen-bond donors (Lipinski definition) is 2. The minimum absolute atomic E-state index is 0.291. The van der Waals surface area contributed by atoms with E-state index in [4.69, 9.17) is 15.5 Å². The minimum Gasteiger partial charge on any atom is -0.495 e. The molecule has 0 saturated carbocycles. The molecule has 0 unspecified atom stereocenters. The average molecular weight is 404 g/mol. The number of aromatic nitrogens is 2. The van der Waals surface area contributed by atoms with Gasteiger partial charge in [-0.15, -0.1) is 0 Å². The van der Waals surface area contributed by atoms with Gasteiger partial charge in [-0.3, -0.25) is 9.59 Å². The Hall–Kier alpha value is -3.61. The second-order valence-electron chi connectivity index (χ2n) is 7.29. The Morgan fingerprint density at radius 3 is 2.63 bits per heavy atom. The third-order valence-electron chi connectivity index (χ3n) is 5.35. The lowest BCUT2D eigenvalue weighted by Gasteiger charge is -2.11. The van der Waals surface area contributed by atoms with E-state index < -0.39 is 5.91 Å². The lowest BCUT2D eigenvalue weighted by molar-refractivity contribution is 0.0995. The minimum atomic E-state index is -0.574. The summed E-state index contributed by atoms with van der Waals surface area (Å²) in [6.07, 6.45) is 3.98. The van der Waals surface area contributed by atoms with E-state index in [1.165, 1.54) is 13.2 Å². The van der Waals surface area contributed by atoms with Crippen LogP contribution >= 0.6 is 0 Å². The van der Waals surface area contributed by atoms with Gasteiger partial charge >= 0.3 is 0 Å². The summed E-state index contributed by atoms with van der Waals surface area (Å²) in [6.45, 7) is 0.834. The first-order valence-electron chi connectivity index (χ1n) is 10.0. The molecule has 4 rings (SSSR count). The van der Waals surface area contributed by atoms with Crippen molar-refractivity contribution < 1.29 is 14.3 Å². The van der Waals surface area contributed by atoms with Crippen LogP contribution in [0.1, 0.15) is 45.8 Å². The number of methoxy groups -OCH3 is 1. The highest BCUT2D eigenvalue weighted by Gasteiger charge is 2.25. The predicted octanol–water partition coefficient (Wildman–Crippen LogP) is 3.64. The van der Waals surface area contributed by atoms with Gasteiger partial charge in [0.1, 0.15) is 17.3 Å². The number of amides is 2. The van der Waals surface area contributed by atoms with Gasteiger partial charge in [0.15, 0.2) is 0 Å². The molecule has 1 aliphatic heterocycles. The fourth-order valence-corrected chi connectivity index (χ4v) is 3.85. The molecule has 0 spiro atoms. The molecule has 3 N–H and O–H groups in total. The average Bonchev–Trinajstić information content (AvgIpc) is 2.95. The van der Waals surface area contributed by atoms with Gasteiger partial charge in [0.2, 0.25) is 5.91 Å². The molecule has 2 amide bonds. The molecule has 7 heteroatoms. The van der Waals surface area contributed by atoms with Crippen LogP contribution in [0.15, 0.2) is 48.5 Å². The maximum absolute atomic E-state index is 13.2. The molecule has 30 heavy (non-hydrogen) atoms. The number of hydrogen-bond acceptors (Lipinski definition) is 4. The Morgan fingerprint density at radius 2 is 1.90 bits per heavy atom. The van der Waals surface area contributed by atoms with Crippen molar-refractivity contribution in [3.63, 3.8) is 0 Å². The van der Waals surface area contributed by atoms with Crippen LogP contribution in [0.3, 0.4) is 0 Å². The number of carbonyl (C=O) groups excluding carboxylic acids is 2. The van der Waals surface area contributed by atoms with Crippen LogP contribution in [0.25, 0.3) is 11.4 Å². The number of benzene rings is 2. The molecule has 0 fully saturated rings. The zero-order valence-corrected chi connectivity index (χ0v) is 16.9. The van der Waals surface area contributed by atoms with Crippen LogP contribution in [0.5, 0.6) is 5.75 Å². The number of ether oxygens (including phenoxy) is 1. The van der Waals surface area contributed by atoms with Crippen molar-refractivity contribution >= 4 is 17.5 Å². The van der Waals surface area contributed by atoms with Gasteiger partial charge in [0.05, 0.1) is 18.5 Å². The molecular weight excluding hydrogens is 380 g/mol. The lowest BCUT2D eigenvalue weighted by Crippen LogP contribution is -2.17. The van der Waals surface area contributed by atoms with Crippen LogP contribution < -0.4 is 15.8 Å². The highest BCUT2D eigenvalue weighted by atomic mass is 16.5. The van der Waals surface area contributed by atoms with Gasteiger partial charge in [-0.25, -0.2) is 4.98 Å². The van der Waals surface area contributed by atoms with Crippen molar-refractivity contribution in [2.75, 3.05) is 12.4 Å². The van der Waals surface area contributed by atoms with Gasteiger partial charge in [0, 0.05) is 17.7 Å². The highest BCUT2D eigenvalue weighted by molar-refractivity contribution is 6.06. The highest BCUT2D eigenvalue weighted by Crippen LogP contribution is 2.30. The Morgan fingerprint density at radius 1 is 1.10 bits per heavy atom. The van der Waals surface area contributed by atoms with Gasteiger partial charge in [-0.05, 0) is 37.5 Å². The Balaban J connectivity index is 1.74. The first-order valence-corrected chi connectivity index (χ1v) is 10.0. The summed E-state index contributed by atoms with van der Waals surface area (Å²) in [5, 5.41) is 2.86. The zero-order chi connectivity index (χ0) is 21.1. The van der Waals surface area contributed by atoms with Gasteiger partial charge < -0.3 is 20.4 Å². The summed E-state index contributed by atoms with van der Waals surface area (Å²) in [5.41, 5.74) is 8.38. The second-order valence-corrected chi connectivity index (χ2v) is 7.29. The number of nitrogens with two attached hydrogens (primary N) is 1. The van der Waals surface area contributed by atoms with E-state index in [2.05, 4.69) is 9.88 Å². The number of anilines is 1. The van der Waals surface area contributed by atoms with E-state index in [9.17, 15) is 9.59 Å². The van der Waals surface area contributed by atoms with Crippen molar-refractivity contribution in [2.45, 2.75) is 32.2 Å². The Bertz CT molecular complexity index is 1090. The van der Waals surface area contributed by atoms with E-state index in [1.807, 2.05) is 30.3 Å². The fourth-order valence-electron chi connectivity index (χ4n) is 3.85. The number of primary amides is 1. The molecule has 7 nitrogen and oxygen atoms in total. The summed E-state index contributed by atoms with van der Waals surface area (Å²) in [5.74, 6) is 0.343. The Labute approximate surface area is 174 Å². The Kier molecular flexibility index (Phi) is 5.52. The van der Waals surface area contributed by atoms with E-state index in [0.717, 1.165) is 49.3 Å². The number of fused-ring (bicyclic) bond motifs is 1. The predicted molar refractivity (Wildman–Crippen MR) is 115 cm³/mol. The van der Waals surface area contributed by atoms with Crippen LogP contribution in [0.2, 0.25) is 0 Å². The van der Waals surface area contributed by atoms with E-state index >= 15 is 0 Å². The smallest absolute Gasteiger partial charge is 0.276 e. The molecule has 2 heterocycles. The SMILES string of the molecule is COc1ccc(C(N)=O)cc1NC(=O)c1nc(-c2ccccc2)n2c1CCCCC2. The van der Waals surface area contributed by atoms with Crippen LogP contribution in [-0.4, -0.2) is 28.5 Å². The van der Waals surface area contributed by atoms with Crippen LogP contribution in [0.4, 0.5) is 5.69 Å².